The van der Waals surface area contributed by atoms with Gasteiger partial charge < -0.3 is 11.1 Å². The molecule has 0 saturated carbocycles. The van der Waals surface area contributed by atoms with Crippen LogP contribution in [0.3, 0.4) is 0 Å². The van der Waals surface area contributed by atoms with Crippen molar-refractivity contribution in [3.8, 4) is 0 Å². The number of hydrogen-bond acceptors (Lipinski definition) is 2. The van der Waals surface area contributed by atoms with E-state index in [2.05, 4.69) is 29.6 Å². The van der Waals surface area contributed by atoms with Gasteiger partial charge in [-0.25, -0.2) is 0 Å². The number of nitrogens with one attached hydrogen (secondary N) is 1. The van der Waals surface area contributed by atoms with Gasteiger partial charge in [0.1, 0.15) is 0 Å². The second-order valence-electron chi connectivity index (χ2n) is 5.21. The summed E-state index contributed by atoms with van der Waals surface area (Å²) in [5.41, 5.74) is 10.0. The zero-order chi connectivity index (χ0) is 13.9. The molecule has 0 bridgehead atoms. The first-order valence-corrected chi connectivity index (χ1v) is 6.93. The van der Waals surface area contributed by atoms with Crippen LogP contribution in [0.4, 0.5) is 0 Å². The zero-order valence-electron chi connectivity index (χ0n) is 11.3. The van der Waals surface area contributed by atoms with E-state index in [1.165, 1.54) is 11.1 Å². The van der Waals surface area contributed by atoms with Crippen molar-refractivity contribution in [3.05, 3.63) is 70.8 Å². The SMILES string of the molecule is NCc1ccc(C(=O)NCC2Cc3ccccc32)cc1. The predicted octanol–water partition coefficient (Wildman–Crippen LogP) is 2.21. The molecule has 3 rings (SSSR count). The summed E-state index contributed by atoms with van der Waals surface area (Å²) in [5.74, 6) is 0.441. The fourth-order valence-corrected chi connectivity index (χ4v) is 2.65. The fourth-order valence-electron chi connectivity index (χ4n) is 2.65. The molecule has 1 unspecified atom stereocenters. The Morgan fingerprint density at radius 1 is 1.15 bits per heavy atom. The summed E-state index contributed by atoms with van der Waals surface area (Å²) < 4.78 is 0. The summed E-state index contributed by atoms with van der Waals surface area (Å²) in [6.07, 6.45) is 1.06. The highest BCUT2D eigenvalue weighted by molar-refractivity contribution is 5.94. The molecule has 3 heteroatoms. The molecular formula is C17H18N2O. The van der Waals surface area contributed by atoms with Crippen LogP contribution in [0.1, 0.15) is 33.0 Å². The van der Waals surface area contributed by atoms with Crippen molar-refractivity contribution in [1.82, 2.24) is 5.32 Å². The van der Waals surface area contributed by atoms with E-state index in [1.54, 1.807) is 0 Å². The minimum absolute atomic E-state index is 0.0158. The maximum atomic E-state index is 12.1. The van der Waals surface area contributed by atoms with E-state index >= 15 is 0 Å². The molecule has 3 nitrogen and oxygen atoms in total. The lowest BCUT2D eigenvalue weighted by atomic mass is 9.77. The van der Waals surface area contributed by atoms with E-state index in [1.807, 2.05) is 24.3 Å². The monoisotopic (exact) mass is 266 g/mol. The molecule has 0 spiro atoms. The van der Waals surface area contributed by atoms with E-state index < -0.39 is 0 Å². The van der Waals surface area contributed by atoms with Crippen LogP contribution < -0.4 is 11.1 Å². The van der Waals surface area contributed by atoms with Crippen LogP contribution >= 0.6 is 0 Å². The smallest absolute Gasteiger partial charge is 0.251 e. The van der Waals surface area contributed by atoms with Crippen LogP contribution in [0.2, 0.25) is 0 Å². The van der Waals surface area contributed by atoms with Gasteiger partial charge in [0.05, 0.1) is 0 Å². The number of amides is 1. The molecule has 2 aromatic carbocycles. The third kappa shape index (κ3) is 2.45. The highest BCUT2D eigenvalue weighted by Crippen LogP contribution is 2.33. The van der Waals surface area contributed by atoms with Crippen LogP contribution in [-0.4, -0.2) is 12.5 Å². The maximum absolute atomic E-state index is 12.1. The number of carbonyl (C=O) groups excluding carboxylic acids is 1. The Morgan fingerprint density at radius 3 is 2.60 bits per heavy atom. The van der Waals surface area contributed by atoms with E-state index in [0.717, 1.165) is 12.0 Å². The zero-order valence-corrected chi connectivity index (χ0v) is 11.3. The lowest BCUT2D eigenvalue weighted by Gasteiger charge is -2.30. The molecule has 20 heavy (non-hydrogen) atoms. The molecule has 0 aliphatic heterocycles. The summed E-state index contributed by atoms with van der Waals surface area (Å²) in [6, 6.07) is 15.9. The summed E-state index contributed by atoms with van der Waals surface area (Å²) in [5, 5.41) is 3.01. The first kappa shape index (κ1) is 12.9. The van der Waals surface area contributed by atoms with Crippen molar-refractivity contribution in [3.63, 3.8) is 0 Å². The topological polar surface area (TPSA) is 55.1 Å². The lowest BCUT2D eigenvalue weighted by molar-refractivity contribution is 0.0950. The lowest BCUT2D eigenvalue weighted by Crippen LogP contribution is -2.33. The molecule has 102 valence electrons. The second-order valence-corrected chi connectivity index (χ2v) is 5.21. The molecule has 0 heterocycles. The normalized spacial score (nSPS) is 16.1. The van der Waals surface area contributed by atoms with Crippen molar-refractivity contribution in [2.24, 2.45) is 5.73 Å². The van der Waals surface area contributed by atoms with Crippen LogP contribution in [0, 0.1) is 0 Å². The Balaban J connectivity index is 1.58. The molecule has 0 fully saturated rings. The van der Waals surface area contributed by atoms with E-state index in [-0.39, 0.29) is 5.91 Å². The Labute approximate surface area is 118 Å². The Hall–Kier alpha value is -2.13. The number of fused-ring (bicyclic) bond motifs is 1. The maximum Gasteiger partial charge on any atom is 0.251 e. The van der Waals surface area contributed by atoms with E-state index in [0.29, 0.717) is 24.6 Å². The largest absolute Gasteiger partial charge is 0.351 e. The molecule has 1 atom stereocenters. The van der Waals surface area contributed by atoms with Gasteiger partial charge in [0, 0.05) is 24.6 Å². The van der Waals surface area contributed by atoms with Crippen molar-refractivity contribution in [2.75, 3.05) is 6.54 Å². The van der Waals surface area contributed by atoms with E-state index in [9.17, 15) is 4.79 Å². The van der Waals surface area contributed by atoms with Crippen molar-refractivity contribution in [1.29, 1.82) is 0 Å². The third-order valence-corrected chi connectivity index (χ3v) is 3.92. The second kappa shape index (κ2) is 5.47. The predicted molar refractivity (Wildman–Crippen MR) is 79.6 cm³/mol. The molecule has 2 aromatic rings. The number of nitrogens with two attached hydrogens (primary N) is 1. The van der Waals surface area contributed by atoms with Crippen molar-refractivity contribution >= 4 is 5.91 Å². The highest BCUT2D eigenvalue weighted by Gasteiger charge is 2.25. The quantitative estimate of drug-likeness (QED) is 0.891. The summed E-state index contributed by atoms with van der Waals surface area (Å²) in [6.45, 7) is 1.20. The van der Waals surface area contributed by atoms with Crippen LogP contribution in [0.15, 0.2) is 48.5 Å². The first-order valence-electron chi connectivity index (χ1n) is 6.93. The number of benzene rings is 2. The molecule has 0 saturated heterocycles. The average molecular weight is 266 g/mol. The van der Waals surface area contributed by atoms with Gasteiger partial charge in [-0.3, -0.25) is 4.79 Å². The van der Waals surface area contributed by atoms with Crippen LogP contribution in [0.25, 0.3) is 0 Å². The van der Waals surface area contributed by atoms with Gasteiger partial charge in [-0.1, -0.05) is 36.4 Å². The molecule has 0 radical (unpaired) electrons. The average Bonchev–Trinajstić information content (AvgIpc) is 2.48. The van der Waals surface area contributed by atoms with Gasteiger partial charge in [-0.05, 0) is 35.2 Å². The highest BCUT2D eigenvalue weighted by atomic mass is 16.1. The third-order valence-electron chi connectivity index (χ3n) is 3.92. The molecule has 1 amide bonds. The molecule has 0 aromatic heterocycles. The Morgan fingerprint density at radius 2 is 1.90 bits per heavy atom. The molecule has 1 aliphatic carbocycles. The Bertz CT molecular complexity index is 619. The first-order chi connectivity index (χ1) is 9.78. The van der Waals surface area contributed by atoms with Gasteiger partial charge in [0.15, 0.2) is 0 Å². The van der Waals surface area contributed by atoms with Gasteiger partial charge in [0.25, 0.3) is 5.91 Å². The fraction of sp³-hybridized carbons (Fsp3) is 0.235. The number of hydrogen-bond donors (Lipinski definition) is 2. The van der Waals surface area contributed by atoms with Crippen molar-refractivity contribution < 1.29 is 4.79 Å². The van der Waals surface area contributed by atoms with Gasteiger partial charge in [-0.15, -0.1) is 0 Å². The van der Waals surface area contributed by atoms with Crippen molar-refractivity contribution in [2.45, 2.75) is 18.9 Å². The summed E-state index contributed by atoms with van der Waals surface area (Å²) in [7, 11) is 0. The number of carbonyl (C=O) groups is 1. The molecule has 1 aliphatic rings. The van der Waals surface area contributed by atoms with Crippen LogP contribution in [-0.2, 0) is 13.0 Å². The Kier molecular flexibility index (Phi) is 3.52. The van der Waals surface area contributed by atoms with Crippen LogP contribution in [0.5, 0.6) is 0 Å². The molecular weight excluding hydrogens is 248 g/mol. The van der Waals surface area contributed by atoms with Gasteiger partial charge in [0.2, 0.25) is 0 Å². The minimum atomic E-state index is -0.0158. The molecule has 3 N–H and O–H groups in total. The standard InChI is InChI=1S/C17H18N2O/c18-10-12-5-7-13(8-6-12)17(20)19-11-15-9-14-3-1-2-4-16(14)15/h1-8,15H,9-11,18H2,(H,19,20). The van der Waals surface area contributed by atoms with E-state index in [4.69, 9.17) is 5.73 Å². The number of rotatable bonds is 4. The minimum Gasteiger partial charge on any atom is -0.351 e. The summed E-state index contributed by atoms with van der Waals surface area (Å²) >= 11 is 0. The van der Waals surface area contributed by atoms with Gasteiger partial charge >= 0.3 is 0 Å². The summed E-state index contributed by atoms with van der Waals surface area (Å²) in [4.78, 5) is 12.1. The van der Waals surface area contributed by atoms with Gasteiger partial charge in [-0.2, -0.15) is 0 Å².